The zero-order valence-corrected chi connectivity index (χ0v) is 20.6. The minimum Gasteiger partial charge on any atom is -0.433 e. The number of aliphatic hydroxyl groups excluding tert-OH is 2. The van der Waals surface area contributed by atoms with E-state index < -0.39 is 37.2 Å². The van der Waals surface area contributed by atoms with Crippen LogP contribution in [-0.2, 0) is 9.36 Å². The molecule has 2 aromatic heterocycles. The molecule has 2 heterocycles. The van der Waals surface area contributed by atoms with Crippen LogP contribution in [0.15, 0.2) is 36.7 Å². The van der Waals surface area contributed by atoms with E-state index in [-0.39, 0.29) is 23.7 Å². The van der Waals surface area contributed by atoms with Gasteiger partial charge in [0.25, 0.3) is 0 Å². The number of Topliss-reactive ketones (excluding diaryl/α,β-unsaturated/α-hetero) is 1. The van der Waals surface area contributed by atoms with Crippen LogP contribution in [0.5, 0.6) is 5.75 Å². The molecule has 0 saturated heterocycles. The number of ketones is 1. The number of aryl methyl sites for hydroxylation is 1. The molecule has 1 aromatic carbocycles. The van der Waals surface area contributed by atoms with Crippen LogP contribution < -0.4 is 15.3 Å². The largest absolute Gasteiger partial charge is 0.433 e. The number of nitrogens with zero attached hydrogens (tertiary/aromatic N) is 4. The lowest BCUT2D eigenvalue weighted by molar-refractivity contribution is -0.118. The van der Waals surface area contributed by atoms with Crippen molar-refractivity contribution < 1.29 is 24.1 Å². The van der Waals surface area contributed by atoms with Crippen LogP contribution in [0.3, 0.4) is 0 Å². The number of nitrogens with one attached hydrogen (secondary N) is 1. The molecule has 0 spiro atoms. The number of fused-ring (bicyclic) bond motifs is 2. The van der Waals surface area contributed by atoms with E-state index in [1.807, 2.05) is 6.07 Å². The molecule has 7 atom stereocenters. The highest BCUT2D eigenvalue weighted by atomic mass is 31.2. The van der Waals surface area contributed by atoms with Crippen LogP contribution in [0.2, 0.25) is 0 Å². The van der Waals surface area contributed by atoms with Gasteiger partial charge < -0.3 is 25.0 Å². The van der Waals surface area contributed by atoms with Crippen molar-refractivity contribution in [1.29, 1.82) is 0 Å². The van der Waals surface area contributed by atoms with Crippen molar-refractivity contribution in [2.75, 3.05) is 11.9 Å². The molecule has 0 amide bonds. The van der Waals surface area contributed by atoms with E-state index in [4.69, 9.17) is 10.3 Å². The van der Waals surface area contributed by atoms with Gasteiger partial charge in [0.1, 0.15) is 29.0 Å². The maximum absolute atomic E-state index is 14.1. The Morgan fingerprint density at radius 2 is 2.06 bits per heavy atom. The number of nitrogen functional groups attached to an aromatic ring is 1. The first-order valence-corrected chi connectivity index (χ1v) is 13.3. The Bertz CT molecular complexity index is 1330. The summed E-state index contributed by atoms with van der Waals surface area (Å²) >= 11 is 0. The molecular weight excluding hydrogens is 471 g/mol. The van der Waals surface area contributed by atoms with Crippen LogP contribution in [-0.4, -0.2) is 59.9 Å². The summed E-state index contributed by atoms with van der Waals surface area (Å²) in [7, 11) is -3.67. The summed E-state index contributed by atoms with van der Waals surface area (Å²) in [4.78, 5) is 24.9. The van der Waals surface area contributed by atoms with Gasteiger partial charge >= 0.3 is 7.52 Å². The quantitative estimate of drug-likeness (QED) is 0.335. The molecule has 3 aromatic rings. The number of benzene rings is 1. The maximum Gasteiger partial charge on any atom is 0.317 e. The first kappa shape index (κ1) is 23.9. The summed E-state index contributed by atoms with van der Waals surface area (Å²) in [5, 5.41) is 25.1. The number of rotatable bonds is 8. The lowest BCUT2D eigenvalue weighted by atomic mass is 10.0. The first-order valence-electron chi connectivity index (χ1n) is 11.5. The van der Waals surface area contributed by atoms with Gasteiger partial charge in [-0.15, -0.1) is 0 Å². The lowest BCUT2D eigenvalue weighted by Gasteiger charge is -2.29. The van der Waals surface area contributed by atoms with Crippen LogP contribution in [0.4, 0.5) is 5.82 Å². The van der Waals surface area contributed by atoms with Crippen molar-refractivity contribution in [3.63, 3.8) is 0 Å². The summed E-state index contributed by atoms with van der Waals surface area (Å²) in [5.74, 6) is 0.706. The van der Waals surface area contributed by atoms with Crippen molar-refractivity contribution in [2.45, 2.75) is 51.5 Å². The third-order valence-corrected chi connectivity index (χ3v) is 9.52. The van der Waals surface area contributed by atoms with E-state index >= 15 is 0 Å². The molecular formula is C23H29N6O5P. The average molecular weight is 500 g/mol. The smallest absolute Gasteiger partial charge is 0.317 e. The second-order valence-electron chi connectivity index (χ2n) is 9.65. The van der Waals surface area contributed by atoms with Gasteiger partial charge in [-0.1, -0.05) is 18.2 Å². The normalized spacial score (nSPS) is 30.0. The maximum atomic E-state index is 14.1. The van der Waals surface area contributed by atoms with Crippen LogP contribution >= 0.6 is 7.52 Å². The standard InChI is InChI=1S/C23H29N6O5P/c1-12(13(2)30)28-35(33,34-15-7-5-4-6-8-15)10-23-9-16(23)18(19(31)20(23)32)29-11-25-17-21(24)26-14(3)27-22(17)29/h4-8,11-12,16,18-20,31-32H,9-10H2,1-3H3,(H,28,33)(H2,24,26,27)/t12?,16-,18-,19+,20+,23-,35?/m1/s1. The minimum atomic E-state index is -3.67. The Labute approximate surface area is 202 Å². The van der Waals surface area contributed by atoms with Crippen molar-refractivity contribution >= 4 is 30.3 Å². The fraction of sp³-hybridized carbons (Fsp3) is 0.478. The van der Waals surface area contributed by atoms with Crippen molar-refractivity contribution in [3.05, 3.63) is 42.5 Å². The summed E-state index contributed by atoms with van der Waals surface area (Å²) in [6.07, 6.45) is -0.280. The molecule has 2 aliphatic rings. The number of carbonyl (C=O) groups is 1. The predicted molar refractivity (Wildman–Crippen MR) is 129 cm³/mol. The van der Waals surface area contributed by atoms with E-state index in [9.17, 15) is 19.6 Å². The van der Waals surface area contributed by atoms with Gasteiger partial charge in [0.15, 0.2) is 11.5 Å². The second kappa shape index (κ2) is 8.37. The number of carbonyl (C=O) groups excluding carboxylic acids is 1. The number of hydrogen-bond donors (Lipinski definition) is 4. The summed E-state index contributed by atoms with van der Waals surface area (Å²) in [6, 6.07) is 7.45. The zero-order chi connectivity index (χ0) is 25.1. The molecule has 186 valence electrons. The molecule has 0 aliphatic heterocycles. The van der Waals surface area contributed by atoms with Gasteiger partial charge in [-0.2, -0.15) is 0 Å². The predicted octanol–water partition coefficient (Wildman–Crippen LogP) is 1.84. The third kappa shape index (κ3) is 4.02. The van der Waals surface area contributed by atoms with E-state index in [1.54, 1.807) is 49.0 Å². The molecule has 0 radical (unpaired) electrons. The Morgan fingerprint density at radius 3 is 2.74 bits per heavy atom. The Morgan fingerprint density at radius 1 is 1.34 bits per heavy atom. The summed E-state index contributed by atoms with van der Waals surface area (Å²) in [6.45, 7) is 4.75. The number of hydrogen-bond acceptors (Lipinski definition) is 9. The number of para-hydroxylation sites is 1. The van der Waals surface area contributed by atoms with E-state index in [2.05, 4.69) is 20.0 Å². The monoisotopic (exact) mass is 500 g/mol. The van der Waals surface area contributed by atoms with Gasteiger partial charge in [0.05, 0.1) is 30.7 Å². The van der Waals surface area contributed by atoms with E-state index in [1.165, 1.54) is 6.92 Å². The summed E-state index contributed by atoms with van der Waals surface area (Å²) in [5.41, 5.74) is 6.04. The highest BCUT2D eigenvalue weighted by Crippen LogP contribution is 2.72. The first-order chi connectivity index (χ1) is 16.5. The highest BCUT2D eigenvalue weighted by molar-refractivity contribution is 7.57. The third-order valence-electron chi connectivity index (χ3n) is 7.23. The van der Waals surface area contributed by atoms with Crippen molar-refractivity contribution in [3.8, 4) is 5.75 Å². The van der Waals surface area contributed by atoms with Gasteiger partial charge in [-0.25, -0.2) is 20.0 Å². The molecule has 5 rings (SSSR count). The van der Waals surface area contributed by atoms with Gasteiger partial charge in [-0.3, -0.25) is 9.36 Å². The lowest BCUT2D eigenvalue weighted by Crippen LogP contribution is -2.38. The molecule has 2 aliphatic carbocycles. The SMILES string of the molecule is CC(=O)C(C)NP(=O)(C[C@]12C[C@@H]1[C@@H](n1cnc3c(N)nc(C)nc31)[C@H](O)[C@@H]2O)Oc1ccccc1. The molecule has 5 N–H and O–H groups in total. The minimum absolute atomic E-state index is 0.0469. The number of nitrogens with two attached hydrogens (primary N) is 1. The molecule has 2 unspecified atom stereocenters. The topological polar surface area (TPSA) is 165 Å². The average Bonchev–Trinajstić information content (AvgIpc) is 3.25. The zero-order valence-electron chi connectivity index (χ0n) is 19.7. The van der Waals surface area contributed by atoms with Crippen molar-refractivity contribution in [2.24, 2.45) is 11.3 Å². The molecule has 2 saturated carbocycles. The number of anilines is 1. The fourth-order valence-corrected chi connectivity index (χ4v) is 8.12. The van der Waals surface area contributed by atoms with Crippen LogP contribution in [0.25, 0.3) is 11.2 Å². The molecule has 0 bridgehead atoms. The van der Waals surface area contributed by atoms with Crippen LogP contribution in [0.1, 0.15) is 32.1 Å². The number of aromatic nitrogens is 4. The van der Waals surface area contributed by atoms with Gasteiger partial charge in [0, 0.05) is 5.41 Å². The Kier molecular flexibility index (Phi) is 5.71. The molecule has 12 heteroatoms. The summed E-state index contributed by atoms with van der Waals surface area (Å²) < 4.78 is 21.8. The van der Waals surface area contributed by atoms with Gasteiger partial charge in [-0.05, 0) is 45.2 Å². The Balaban J connectivity index is 1.48. The number of imidazole rings is 1. The fourth-order valence-electron chi connectivity index (χ4n) is 5.35. The second-order valence-corrected chi connectivity index (χ2v) is 11.8. The van der Waals surface area contributed by atoms with E-state index in [0.717, 1.165) is 0 Å². The van der Waals surface area contributed by atoms with E-state index in [0.29, 0.717) is 29.2 Å². The molecule has 11 nitrogen and oxygen atoms in total. The molecule has 2 fully saturated rings. The van der Waals surface area contributed by atoms with Crippen molar-refractivity contribution in [1.82, 2.24) is 24.6 Å². The molecule has 35 heavy (non-hydrogen) atoms. The highest BCUT2D eigenvalue weighted by Gasteiger charge is 2.73. The Hall–Kier alpha value is -2.85. The number of aliphatic hydroxyl groups is 2. The van der Waals surface area contributed by atoms with Gasteiger partial charge in [0.2, 0.25) is 0 Å². The van der Waals surface area contributed by atoms with Crippen LogP contribution in [0, 0.1) is 18.3 Å².